The normalized spacial score (nSPS) is 18.6. The number of aliphatic hydroxyl groups excluding tert-OH is 1. The van der Waals surface area contributed by atoms with E-state index in [1.54, 1.807) is 0 Å². The Morgan fingerprint density at radius 1 is 1.20 bits per heavy atom. The smallest absolute Gasteiger partial charge is 0.0915 e. The van der Waals surface area contributed by atoms with Crippen LogP contribution in [0.3, 0.4) is 0 Å². The van der Waals surface area contributed by atoms with Crippen molar-refractivity contribution < 1.29 is 5.11 Å². The number of hydrogen-bond acceptors (Lipinski definition) is 3. The van der Waals surface area contributed by atoms with Gasteiger partial charge in [0.05, 0.1) is 6.10 Å². The van der Waals surface area contributed by atoms with Crippen molar-refractivity contribution in [1.82, 2.24) is 5.32 Å². The molecule has 1 aliphatic carbocycles. The molecule has 1 atom stereocenters. The van der Waals surface area contributed by atoms with Crippen molar-refractivity contribution in [2.45, 2.75) is 50.7 Å². The number of rotatable bonds is 5. The summed E-state index contributed by atoms with van der Waals surface area (Å²) in [6.45, 7) is 0.654. The molecule has 1 fully saturated rings. The Kier molecular flexibility index (Phi) is 5.86. The van der Waals surface area contributed by atoms with Crippen LogP contribution in [0, 0.1) is 0 Å². The van der Waals surface area contributed by atoms with Gasteiger partial charge in [0.2, 0.25) is 0 Å². The second kappa shape index (κ2) is 7.65. The lowest BCUT2D eigenvalue weighted by molar-refractivity contribution is 0.168. The predicted molar refractivity (Wildman–Crippen MR) is 85.2 cm³/mol. The van der Waals surface area contributed by atoms with Gasteiger partial charge in [-0.1, -0.05) is 37.8 Å². The van der Waals surface area contributed by atoms with Crippen molar-refractivity contribution in [3.8, 4) is 0 Å². The molecule has 1 aromatic rings. The zero-order chi connectivity index (χ0) is 14.4. The molecule has 0 spiro atoms. The lowest BCUT2D eigenvalue weighted by Crippen LogP contribution is -2.32. The maximum absolute atomic E-state index is 10.3. The highest BCUT2D eigenvalue weighted by Gasteiger charge is 2.14. The Morgan fingerprint density at radius 3 is 2.55 bits per heavy atom. The highest BCUT2D eigenvalue weighted by molar-refractivity contribution is 5.47. The SMILES string of the molecule is CN(C)c1cccc(C(O)CNC2CCCCCC2)c1. The average molecular weight is 276 g/mol. The summed E-state index contributed by atoms with van der Waals surface area (Å²) in [5, 5.41) is 13.9. The molecule has 2 N–H and O–H groups in total. The quantitative estimate of drug-likeness (QED) is 0.811. The van der Waals surface area contributed by atoms with Crippen LogP contribution < -0.4 is 10.2 Å². The van der Waals surface area contributed by atoms with Crippen LogP contribution in [0.15, 0.2) is 24.3 Å². The molecule has 20 heavy (non-hydrogen) atoms. The molecule has 0 saturated heterocycles. The van der Waals surface area contributed by atoms with E-state index in [4.69, 9.17) is 0 Å². The maximum Gasteiger partial charge on any atom is 0.0915 e. The van der Waals surface area contributed by atoms with Crippen LogP contribution >= 0.6 is 0 Å². The van der Waals surface area contributed by atoms with Crippen molar-refractivity contribution in [3.63, 3.8) is 0 Å². The molecule has 0 amide bonds. The third-order valence-corrected chi connectivity index (χ3v) is 4.23. The summed E-state index contributed by atoms with van der Waals surface area (Å²) in [5.41, 5.74) is 2.13. The second-order valence-electron chi connectivity index (χ2n) is 6.10. The number of nitrogens with zero attached hydrogens (tertiary/aromatic N) is 1. The van der Waals surface area contributed by atoms with Gasteiger partial charge in [0, 0.05) is 32.4 Å². The van der Waals surface area contributed by atoms with Gasteiger partial charge >= 0.3 is 0 Å². The third kappa shape index (κ3) is 4.50. The van der Waals surface area contributed by atoms with Crippen molar-refractivity contribution >= 4 is 5.69 Å². The fourth-order valence-corrected chi connectivity index (χ4v) is 2.89. The Balaban J connectivity index is 1.87. The molecule has 0 aliphatic heterocycles. The molecule has 3 nitrogen and oxygen atoms in total. The molecular weight excluding hydrogens is 248 g/mol. The summed E-state index contributed by atoms with van der Waals surface area (Å²) >= 11 is 0. The highest BCUT2D eigenvalue weighted by atomic mass is 16.3. The molecule has 2 rings (SSSR count). The number of anilines is 1. The zero-order valence-electron chi connectivity index (χ0n) is 12.8. The first kappa shape index (κ1) is 15.3. The van der Waals surface area contributed by atoms with Gasteiger partial charge in [0.1, 0.15) is 0 Å². The van der Waals surface area contributed by atoms with Crippen LogP contribution in [0.1, 0.15) is 50.2 Å². The monoisotopic (exact) mass is 276 g/mol. The molecular formula is C17H28N2O. The third-order valence-electron chi connectivity index (χ3n) is 4.23. The van der Waals surface area contributed by atoms with Gasteiger partial charge in [-0.05, 0) is 30.5 Å². The lowest BCUT2D eigenvalue weighted by Gasteiger charge is -2.20. The average Bonchev–Trinajstić information content (AvgIpc) is 2.73. The molecule has 0 heterocycles. The van der Waals surface area contributed by atoms with Crippen LogP contribution in [0.4, 0.5) is 5.69 Å². The molecule has 0 radical (unpaired) electrons. The summed E-state index contributed by atoms with van der Waals surface area (Å²) < 4.78 is 0. The summed E-state index contributed by atoms with van der Waals surface area (Å²) in [4.78, 5) is 2.06. The summed E-state index contributed by atoms with van der Waals surface area (Å²) in [6.07, 6.45) is 7.47. The van der Waals surface area contributed by atoms with Gasteiger partial charge in [0.25, 0.3) is 0 Å². The number of hydrogen-bond donors (Lipinski definition) is 2. The molecule has 1 unspecified atom stereocenters. The van der Waals surface area contributed by atoms with E-state index in [0.717, 1.165) is 11.3 Å². The van der Waals surface area contributed by atoms with E-state index >= 15 is 0 Å². The summed E-state index contributed by atoms with van der Waals surface area (Å²) in [6, 6.07) is 8.74. The van der Waals surface area contributed by atoms with Gasteiger partial charge in [-0.15, -0.1) is 0 Å². The first-order valence-electron chi connectivity index (χ1n) is 7.85. The fourth-order valence-electron chi connectivity index (χ4n) is 2.89. The minimum atomic E-state index is -0.418. The minimum Gasteiger partial charge on any atom is -0.387 e. The van der Waals surface area contributed by atoms with Crippen LogP contribution in [0.5, 0.6) is 0 Å². The van der Waals surface area contributed by atoms with Crippen molar-refractivity contribution in [2.75, 3.05) is 25.5 Å². The molecule has 1 aromatic carbocycles. The Labute approximate surface area is 123 Å². The summed E-state index contributed by atoms with van der Waals surface area (Å²) in [7, 11) is 4.05. The lowest BCUT2D eigenvalue weighted by atomic mass is 10.1. The fraction of sp³-hybridized carbons (Fsp3) is 0.647. The van der Waals surface area contributed by atoms with Gasteiger partial charge in [-0.3, -0.25) is 0 Å². The highest BCUT2D eigenvalue weighted by Crippen LogP contribution is 2.21. The maximum atomic E-state index is 10.3. The molecule has 0 aromatic heterocycles. The molecule has 3 heteroatoms. The molecule has 112 valence electrons. The Hall–Kier alpha value is -1.06. The zero-order valence-corrected chi connectivity index (χ0v) is 12.8. The van der Waals surface area contributed by atoms with Crippen molar-refractivity contribution in [3.05, 3.63) is 29.8 Å². The largest absolute Gasteiger partial charge is 0.387 e. The van der Waals surface area contributed by atoms with Gasteiger partial charge in [-0.2, -0.15) is 0 Å². The standard InChI is InChI=1S/C17H28N2O/c1-19(2)16-11-7-8-14(12-16)17(20)13-18-15-9-5-3-4-6-10-15/h7-8,11-12,15,17-18,20H,3-6,9-10,13H2,1-2H3. The van der Waals surface area contributed by atoms with Crippen LogP contribution in [-0.4, -0.2) is 31.8 Å². The van der Waals surface area contributed by atoms with E-state index in [9.17, 15) is 5.11 Å². The first-order valence-corrected chi connectivity index (χ1v) is 7.85. The second-order valence-corrected chi connectivity index (χ2v) is 6.10. The van der Waals surface area contributed by atoms with Crippen LogP contribution in [0.2, 0.25) is 0 Å². The van der Waals surface area contributed by atoms with Crippen LogP contribution in [-0.2, 0) is 0 Å². The number of aliphatic hydroxyl groups is 1. The molecule has 1 saturated carbocycles. The van der Waals surface area contributed by atoms with Gasteiger partial charge in [0.15, 0.2) is 0 Å². The first-order chi connectivity index (χ1) is 9.66. The van der Waals surface area contributed by atoms with E-state index in [0.29, 0.717) is 12.6 Å². The van der Waals surface area contributed by atoms with E-state index < -0.39 is 6.10 Å². The number of nitrogens with one attached hydrogen (secondary N) is 1. The van der Waals surface area contributed by atoms with Crippen molar-refractivity contribution in [2.24, 2.45) is 0 Å². The Bertz CT molecular complexity index is 398. The molecule has 1 aliphatic rings. The van der Waals surface area contributed by atoms with Crippen molar-refractivity contribution in [1.29, 1.82) is 0 Å². The minimum absolute atomic E-state index is 0.418. The predicted octanol–water partition coefficient (Wildman–Crippen LogP) is 3.10. The number of benzene rings is 1. The van der Waals surface area contributed by atoms with Crippen LogP contribution in [0.25, 0.3) is 0 Å². The van der Waals surface area contributed by atoms with E-state index in [1.807, 2.05) is 26.2 Å². The van der Waals surface area contributed by atoms with E-state index in [2.05, 4.69) is 22.3 Å². The summed E-state index contributed by atoms with van der Waals surface area (Å²) in [5.74, 6) is 0. The Morgan fingerprint density at radius 2 is 1.90 bits per heavy atom. The topological polar surface area (TPSA) is 35.5 Å². The molecule has 0 bridgehead atoms. The van der Waals surface area contributed by atoms with Gasteiger partial charge < -0.3 is 15.3 Å². The van der Waals surface area contributed by atoms with Gasteiger partial charge in [-0.25, -0.2) is 0 Å². The van der Waals surface area contributed by atoms with E-state index in [-0.39, 0.29) is 0 Å². The van der Waals surface area contributed by atoms with E-state index in [1.165, 1.54) is 38.5 Å².